The Morgan fingerprint density at radius 3 is 2.67 bits per heavy atom. The molecule has 0 nitrogen and oxygen atoms in total. The van der Waals surface area contributed by atoms with Gasteiger partial charge in [-0.3, -0.25) is 0 Å². The molecule has 0 bridgehead atoms. The smallest absolute Gasteiger partial charge is 0.000728 e. The number of rotatable bonds is 4. The minimum atomic E-state index is 1.06. The van der Waals surface area contributed by atoms with Gasteiger partial charge < -0.3 is 0 Å². The summed E-state index contributed by atoms with van der Waals surface area (Å²) >= 11 is 0. The summed E-state index contributed by atoms with van der Waals surface area (Å²) in [5.41, 5.74) is 10.0. The molecule has 2 aromatic carbocycles. The van der Waals surface area contributed by atoms with E-state index in [4.69, 9.17) is 0 Å². The van der Waals surface area contributed by atoms with Crippen LogP contribution in [0.5, 0.6) is 0 Å². The number of unbranched alkanes of at least 4 members (excludes halogenated alkanes) is 2. The van der Waals surface area contributed by atoms with Gasteiger partial charge in [-0.05, 0) is 58.2 Å². The van der Waals surface area contributed by atoms with Crippen LogP contribution < -0.4 is 0 Å². The van der Waals surface area contributed by atoms with Crippen molar-refractivity contribution < 1.29 is 0 Å². The van der Waals surface area contributed by atoms with E-state index in [-0.39, 0.29) is 0 Å². The fourth-order valence-electron chi connectivity index (χ4n) is 3.88. The van der Waals surface area contributed by atoms with E-state index in [0.29, 0.717) is 0 Å². The highest BCUT2D eigenvalue weighted by atomic mass is 14.2. The first-order valence-corrected chi connectivity index (χ1v) is 9.16. The lowest BCUT2D eigenvalue weighted by Crippen LogP contribution is -1.94. The molecule has 0 spiro atoms. The highest BCUT2D eigenvalue weighted by Crippen LogP contribution is 2.40. The summed E-state index contributed by atoms with van der Waals surface area (Å²) in [4.78, 5) is 0. The van der Waals surface area contributed by atoms with Gasteiger partial charge in [0, 0.05) is 0 Å². The van der Waals surface area contributed by atoms with Gasteiger partial charge in [0.05, 0.1) is 0 Å². The van der Waals surface area contributed by atoms with Gasteiger partial charge in [-0.2, -0.15) is 0 Å². The first kappa shape index (κ1) is 15.2. The lowest BCUT2D eigenvalue weighted by molar-refractivity contribution is 0.721. The zero-order chi connectivity index (χ0) is 16.4. The lowest BCUT2D eigenvalue weighted by atomic mass is 9.92. The maximum atomic E-state index is 2.44. The molecular weight excluding hydrogens is 288 g/mol. The van der Waals surface area contributed by atoms with Crippen LogP contribution in [-0.2, 0) is 6.42 Å². The van der Waals surface area contributed by atoms with Crippen LogP contribution in [0, 0.1) is 0 Å². The maximum absolute atomic E-state index is 2.44. The molecule has 0 amide bonds. The molecule has 0 aliphatic heterocycles. The molecule has 120 valence electrons. The van der Waals surface area contributed by atoms with Crippen LogP contribution >= 0.6 is 0 Å². The monoisotopic (exact) mass is 312 g/mol. The Morgan fingerprint density at radius 1 is 0.875 bits per heavy atom. The fourth-order valence-corrected chi connectivity index (χ4v) is 3.88. The van der Waals surface area contributed by atoms with E-state index < -0.39 is 0 Å². The van der Waals surface area contributed by atoms with Crippen molar-refractivity contribution in [1.82, 2.24) is 0 Å². The van der Waals surface area contributed by atoms with Crippen molar-refractivity contribution in [2.45, 2.75) is 39.0 Å². The van der Waals surface area contributed by atoms with E-state index >= 15 is 0 Å². The maximum Gasteiger partial charge on any atom is -0.000728 e. The quantitative estimate of drug-likeness (QED) is 0.464. The van der Waals surface area contributed by atoms with Crippen LogP contribution in [0.15, 0.2) is 60.2 Å². The highest BCUT2D eigenvalue weighted by molar-refractivity contribution is 5.85. The van der Waals surface area contributed by atoms with Crippen LogP contribution in [0.1, 0.15) is 54.9 Å². The Morgan fingerprint density at radius 2 is 1.75 bits per heavy atom. The number of hydrogen-bond donors (Lipinski definition) is 0. The van der Waals surface area contributed by atoms with Gasteiger partial charge in [-0.1, -0.05) is 86.5 Å². The Kier molecular flexibility index (Phi) is 4.21. The highest BCUT2D eigenvalue weighted by Gasteiger charge is 2.21. The first-order chi connectivity index (χ1) is 11.9. The number of allylic oxidation sites excluding steroid dienone is 4. The topological polar surface area (TPSA) is 0 Å². The zero-order valence-corrected chi connectivity index (χ0v) is 14.4. The first-order valence-electron chi connectivity index (χ1n) is 9.16. The van der Waals surface area contributed by atoms with Crippen molar-refractivity contribution in [3.05, 3.63) is 82.5 Å². The van der Waals surface area contributed by atoms with Gasteiger partial charge in [0.2, 0.25) is 0 Å². The molecule has 0 radical (unpaired) electrons. The predicted molar refractivity (Wildman–Crippen MR) is 105 cm³/mol. The molecule has 0 fully saturated rings. The number of fused-ring (bicyclic) bond motifs is 5. The Bertz CT molecular complexity index is 846. The molecule has 2 aliphatic rings. The molecular formula is C24H24. The molecule has 4 rings (SSSR count). The fraction of sp³-hybridized carbons (Fsp3) is 0.250. The van der Waals surface area contributed by atoms with Gasteiger partial charge >= 0.3 is 0 Å². The predicted octanol–water partition coefficient (Wildman–Crippen LogP) is 6.80. The molecule has 24 heavy (non-hydrogen) atoms. The average molecular weight is 312 g/mol. The van der Waals surface area contributed by atoms with Gasteiger partial charge in [0.1, 0.15) is 0 Å². The Balaban J connectivity index is 1.78. The second-order valence-electron chi connectivity index (χ2n) is 6.82. The largest absolute Gasteiger partial charge is 0.0654 e. The molecule has 0 aromatic heterocycles. The van der Waals surface area contributed by atoms with Crippen LogP contribution in [-0.4, -0.2) is 0 Å². The molecule has 0 heteroatoms. The lowest BCUT2D eigenvalue weighted by Gasteiger charge is -2.13. The summed E-state index contributed by atoms with van der Waals surface area (Å²) in [6.45, 7) is 2.27. The van der Waals surface area contributed by atoms with E-state index in [2.05, 4.69) is 73.7 Å². The molecule has 0 saturated carbocycles. The van der Waals surface area contributed by atoms with Crippen molar-refractivity contribution in [2.75, 3.05) is 0 Å². The normalized spacial score (nSPS) is 19.3. The van der Waals surface area contributed by atoms with Gasteiger partial charge in [0.25, 0.3) is 0 Å². The summed E-state index contributed by atoms with van der Waals surface area (Å²) in [5.74, 6) is 0. The van der Waals surface area contributed by atoms with Crippen molar-refractivity contribution in [3.8, 4) is 11.1 Å². The van der Waals surface area contributed by atoms with Crippen molar-refractivity contribution in [1.29, 1.82) is 0 Å². The molecule has 0 heterocycles. The summed E-state index contributed by atoms with van der Waals surface area (Å²) in [5, 5.41) is 0. The van der Waals surface area contributed by atoms with Crippen LogP contribution in [0.3, 0.4) is 0 Å². The summed E-state index contributed by atoms with van der Waals surface area (Å²) in [6, 6.07) is 13.4. The van der Waals surface area contributed by atoms with Gasteiger partial charge in [0.15, 0.2) is 0 Å². The van der Waals surface area contributed by atoms with Crippen molar-refractivity contribution >= 4 is 12.2 Å². The third-order valence-corrected chi connectivity index (χ3v) is 5.16. The summed E-state index contributed by atoms with van der Waals surface area (Å²) in [6.07, 6.45) is 17.4. The van der Waals surface area contributed by atoms with Crippen molar-refractivity contribution in [2.24, 2.45) is 0 Å². The van der Waals surface area contributed by atoms with E-state index in [1.807, 2.05) is 0 Å². The minimum absolute atomic E-state index is 1.06. The minimum Gasteiger partial charge on any atom is -0.0654 e. The second-order valence-corrected chi connectivity index (χ2v) is 6.82. The number of hydrogen-bond acceptors (Lipinski definition) is 0. The molecule has 0 saturated heterocycles. The summed E-state index contributed by atoms with van der Waals surface area (Å²) < 4.78 is 0. The standard InChI is InChI=1S/C24H24/c1-2-3-4-9-18-10-5-6-11-19-14-15-22-21-13-8-7-12-20(21)17-24(22)23(19)16-18/h5-8,10-16H,2-4,9,17H2,1H3/b6-5?,10-5-,11-6+,18-10?,18-16-,19-11?,23-16?. The average Bonchev–Trinajstić information content (AvgIpc) is 2.96. The molecule has 0 unspecified atom stereocenters. The Hall–Kier alpha value is -2.34. The van der Waals surface area contributed by atoms with Gasteiger partial charge in [-0.25, -0.2) is 0 Å². The van der Waals surface area contributed by atoms with Crippen LogP contribution in [0.2, 0.25) is 0 Å². The van der Waals surface area contributed by atoms with Gasteiger partial charge in [-0.15, -0.1) is 0 Å². The van der Waals surface area contributed by atoms with E-state index in [0.717, 1.165) is 6.42 Å². The van der Waals surface area contributed by atoms with Crippen LogP contribution in [0.25, 0.3) is 23.3 Å². The van der Waals surface area contributed by atoms with E-state index in [9.17, 15) is 0 Å². The van der Waals surface area contributed by atoms with E-state index in [1.54, 1.807) is 0 Å². The zero-order valence-electron chi connectivity index (χ0n) is 14.4. The third kappa shape index (κ3) is 2.78. The molecule has 2 aromatic rings. The van der Waals surface area contributed by atoms with E-state index in [1.165, 1.54) is 64.6 Å². The summed E-state index contributed by atoms with van der Waals surface area (Å²) in [7, 11) is 0. The molecule has 0 atom stereocenters. The Labute approximate surface area is 145 Å². The second kappa shape index (κ2) is 6.65. The number of benzene rings is 2. The SMILES string of the molecule is CCCCCC1=C/c2c(ccc3c2Cc2ccccc2-3)/C=C/C=C\1. The van der Waals surface area contributed by atoms with Crippen molar-refractivity contribution in [3.63, 3.8) is 0 Å². The van der Waals surface area contributed by atoms with Crippen LogP contribution in [0.4, 0.5) is 0 Å². The molecule has 0 N–H and O–H groups in total. The third-order valence-electron chi connectivity index (χ3n) is 5.16. The molecule has 2 aliphatic carbocycles.